The second kappa shape index (κ2) is 10.7. The van der Waals surface area contributed by atoms with Crippen molar-refractivity contribution in [3.8, 4) is 0 Å². The Labute approximate surface area is 204 Å². The van der Waals surface area contributed by atoms with Gasteiger partial charge >= 0.3 is 0 Å². The van der Waals surface area contributed by atoms with Crippen LogP contribution in [0.25, 0.3) is 11.0 Å². The first-order chi connectivity index (χ1) is 16.9. The molecule has 1 atom stereocenters. The lowest BCUT2D eigenvalue weighted by molar-refractivity contribution is -0.127. The number of nitrogens with one attached hydrogen (secondary N) is 2. The maximum atomic E-state index is 13.3. The molecule has 1 saturated heterocycles. The number of imidazole rings is 1. The van der Waals surface area contributed by atoms with Crippen LogP contribution in [-0.4, -0.2) is 58.9 Å². The monoisotopic (exact) mass is 477 g/mol. The average Bonchev–Trinajstić information content (AvgIpc) is 3.36. The van der Waals surface area contributed by atoms with Crippen LogP contribution in [0.15, 0.2) is 42.5 Å². The lowest BCUT2D eigenvalue weighted by Gasteiger charge is -2.15. The lowest BCUT2D eigenvalue weighted by atomic mass is 10.1. The highest BCUT2D eigenvalue weighted by Gasteiger charge is 2.29. The van der Waals surface area contributed by atoms with Gasteiger partial charge in [0.25, 0.3) is 5.91 Å². The molecule has 1 aliphatic rings. The zero-order valence-electron chi connectivity index (χ0n) is 20.3. The van der Waals surface area contributed by atoms with Crippen LogP contribution in [0, 0.1) is 5.92 Å². The van der Waals surface area contributed by atoms with Crippen LogP contribution in [0.5, 0.6) is 0 Å². The van der Waals surface area contributed by atoms with E-state index in [1.807, 2.05) is 48.9 Å². The van der Waals surface area contributed by atoms with Crippen LogP contribution in [0.4, 0.5) is 5.69 Å². The molecule has 2 N–H and O–H groups in total. The van der Waals surface area contributed by atoms with Crippen LogP contribution in [0.3, 0.4) is 0 Å². The number of methoxy groups -OCH3 is 1. The molecule has 9 heteroatoms. The molecule has 1 unspecified atom stereocenters. The van der Waals surface area contributed by atoms with E-state index in [-0.39, 0.29) is 30.1 Å². The van der Waals surface area contributed by atoms with Gasteiger partial charge in [-0.15, -0.1) is 0 Å². The molecule has 0 radical (unpaired) electrons. The maximum Gasteiger partial charge on any atom is 0.253 e. The number of benzene rings is 2. The van der Waals surface area contributed by atoms with E-state index in [2.05, 4.69) is 15.6 Å². The number of likely N-dealkylation sites (tertiary alicyclic amines) is 1. The van der Waals surface area contributed by atoms with Crippen LogP contribution in [0.2, 0.25) is 0 Å². The Morgan fingerprint density at radius 2 is 1.97 bits per heavy atom. The largest absolute Gasteiger partial charge is 0.377 e. The third-order valence-electron chi connectivity index (χ3n) is 6.30. The van der Waals surface area contributed by atoms with E-state index in [4.69, 9.17) is 4.74 Å². The highest BCUT2D eigenvalue weighted by atomic mass is 16.5. The minimum Gasteiger partial charge on any atom is -0.377 e. The summed E-state index contributed by atoms with van der Waals surface area (Å²) < 4.78 is 7.09. The zero-order chi connectivity index (χ0) is 24.9. The van der Waals surface area contributed by atoms with E-state index in [9.17, 15) is 14.4 Å². The summed E-state index contributed by atoms with van der Waals surface area (Å²) in [7, 11) is 3.42. The van der Waals surface area contributed by atoms with Gasteiger partial charge in [-0.05, 0) is 24.6 Å². The van der Waals surface area contributed by atoms with Crippen molar-refractivity contribution >= 4 is 34.4 Å². The van der Waals surface area contributed by atoms with E-state index in [0.717, 1.165) is 5.56 Å². The van der Waals surface area contributed by atoms with Gasteiger partial charge in [0.1, 0.15) is 12.4 Å². The van der Waals surface area contributed by atoms with Gasteiger partial charge in [-0.3, -0.25) is 14.4 Å². The Hall–Kier alpha value is -3.72. The SMILES string of the molecule is CCN1CC(CNC(=O)c2cc(NC(=O)Cc3ccccc3)cc3nc(COC)n(C)c23)CC1=O. The normalized spacial score (nSPS) is 15.6. The topological polar surface area (TPSA) is 106 Å². The van der Waals surface area contributed by atoms with Crippen molar-refractivity contribution in [2.24, 2.45) is 13.0 Å². The summed E-state index contributed by atoms with van der Waals surface area (Å²) in [5.41, 5.74) is 3.06. The summed E-state index contributed by atoms with van der Waals surface area (Å²) in [6.07, 6.45) is 0.657. The number of carbonyl (C=O) groups excluding carboxylic acids is 3. The van der Waals surface area contributed by atoms with Crippen LogP contribution in [0.1, 0.15) is 35.1 Å². The van der Waals surface area contributed by atoms with Gasteiger partial charge < -0.3 is 24.8 Å². The molecule has 1 fully saturated rings. The number of anilines is 1. The average molecular weight is 478 g/mol. The van der Waals surface area contributed by atoms with Gasteiger partial charge in [-0.2, -0.15) is 0 Å². The highest BCUT2D eigenvalue weighted by Crippen LogP contribution is 2.26. The summed E-state index contributed by atoms with van der Waals surface area (Å²) in [6.45, 7) is 3.96. The number of ether oxygens (including phenoxy) is 1. The Balaban J connectivity index is 1.58. The first-order valence-electron chi connectivity index (χ1n) is 11.8. The number of aryl methyl sites for hydroxylation is 1. The van der Waals surface area contributed by atoms with Crippen LogP contribution < -0.4 is 10.6 Å². The summed E-state index contributed by atoms with van der Waals surface area (Å²) >= 11 is 0. The summed E-state index contributed by atoms with van der Waals surface area (Å²) in [4.78, 5) is 44.4. The van der Waals surface area contributed by atoms with Crippen molar-refractivity contribution in [1.82, 2.24) is 19.8 Å². The molecule has 0 saturated carbocycles. The molecule has 2 heterocycles. The first kappa shape index (κ1) is 24.4. The minimum absolute atomic E-state index is 0.0752. The molecule has 1 aromatic heterocycles. The third-order valence-corrected chi connectivity index (χ3v) is 6.30. The van der Waals surface area contributed by atoms with Crippen molar-refractivity contribution in [1.29, 1.82) is 0 Å². The second-order valence-electron chi connectivity index (χ2n) is 8.83. The predicted octanol–water partition coefficient (Wildman–Crippen LogP) is 2.50. The molecule has 0 bridgehead atoms. The molecule has 2 aromatic carbocycles. The van der Waals surface area contributed by atoms with Gasteiger partial charge in [-0.1, -0.05) is 30.3 Å². The molecule has 0 aliphatic carbocycles. The molecule has 35 heavy (non-hydrogen) atoms. The van der Waals surface area contributed by atoms with Gasteiger partial charge in [0.2, 0.25) is 11.8 Å². The van der Waals surface area contributed by atoms with Crippen LogP contribution >= 0.6 is 0 Å². The number of fused-ring (bicyclic) bond motifs is 1. The number of rotatable bonds is 9. The van der Waals surface area contributed by atoms with Crippen molar-refractivity contribution in [2.75, 3.05) is 32.1 Å². The summed E-state index contributed by atoms with van der Waals surface area (Å²) in [5.74, 6) is 0.409. The molecular formula is C26H31N5O4. The molecule has 3 amide bonds. The fourth-order valence-electron chi connectivity index (χ4n) is 4.52. The van der Waals surface area contributed by atoms with Crippen molar-refractivity contribution in [3.63, 3.8) is 0 Å². The third kappa shape index (κ3) is 5.51. The van der Waals surface area contributed by atoms with E-state index in [0.29, 0.717) is 60.8 Å². The standard InChI is InChI=1S/C26H31N5O4/c1-4-31-15-18(11-24(31)33)14-27-26(34)20-12-19(28-23(32)10-17-8-6-5-7-9-17)13-21-25(20)30(2)22(29-21)16-35-3/h5-9,12-13,18H,4,10-11,14-16H2,1-3H3,(H,27,34)(H,28,32). The number of hydrogen-bond acceptors (Lipinski definition) is 5. The number of hydrogen-bond donors (Lipinski definition) is 2. The molecule has 1 aliphatic heterocycles. The molecule has 9 nitrogen and oxygen atoms in total. The zero-order valence-corrected chi connectivity index (χ0v) is 20.3. The molecule has 0 spiro atoms. The second-order valence-corrected chi connectivity index (χ2v) is 8.83. The molecule has 4 rings (SSSR count). The Bertz CT molecular complexity index is 1240. The fourth-order valence-corrected chi connectivity index (χ4v) is 4.52. The van der Waals surface area contributed by atoms with Crippen LogP contribution in [-0.2, 0) is 34.4 Å². The van der Waals surface area contributed by atoms with Gasteiger partial charge in [0, 0.05) is 51.8 Å². The fraction of sp³-hybridized carbons (Fsp3) is 0.385. The maximum absolute atomic E-state index is 13.3. The van der Waals surface area contributed by atoms with Gasteiger partial charge in [-0.25, -0.2) is 4.98 Å². The number of amides is 3. The summed E-state index contributed by atoms with van der Waals surface area (Å²) in [6, 6.07) is 12.9. The van der Waals surface area contributed by atoms with Gasteiger partial charge in [0.15, 0.2) is 0 Å². The number of aromatic nitrogens is 2. The quantitative estimate of drug-likeness (QED) is 0.493. The van der Waals surface area contributed by atoms with E-state index >= 15 is 0 Å². The first-order valence-corrected chi connectivity index (χ1v) is 11.8. The smallest absolute Gasteiger partial charge is 0.253 e. The Morgan fingerprint density at radius 3 is 2.66 bits per heavy atom. The predicted molar refractivity (Wildman–Crippen MR) is 133 cm³/mol. The number of carbonyl (C=O) groups is 3. The summed E-state index contributed by atoms with van der Waals surface area (Å²) in [5, 5.41) is 5.89. The Kier molecular flexibility index (Phi) is 7.45. The highest BCUT2D eigenvalue weighted by molar-refractivity contribution is 6.07. The molecular weight excluding hydrogens is 446 g/mol. The Morgan fingerprint density at radius 1 is 1.20 bits per heavy atom. The number of nitrogens with zero attached hydrogens (tertiary/aromatic N) is 3. The van der Waals surface area contributed by atoms with Crippen molar-refractivity contribution in [2.45, 2.75) is 26.4 Å². The lowest BCUT2D eigenvalue weighted by Crippen LogP contribution is -2.31. The van der Waals surface area contributed by atoms with E-state index < -0.39 is 0 Å². The van der Waals surface area contributed by atoms with E-state index in [1.165, 1.54) is 0 Å². The molecule has 184 valence electrons. The van der Waals surface area contributed by atoms with E-state index in [1.54, 1.807) is 24.1 Å². The van der Waals surface area contributed by atoms with Gasteiger partial charge in [0.05, 0.1) is 23.0 Å². The minimum atomic E-state index is -0.275. The van der Waals surface area contributed by atoms with Crippen molar-refractivity contribution < 1.29 is 19.1 Å². The molecule has 3 aromatic rings. The van der Waals surface area contributed by atoms with Crippen molar-refractivity contribution in [3.05, 3.63) is 59.4 Å².